The van der Waals surface area contributed by atoms with Crippen LogP contribution in [0.25, 0.3) is 0 Å². The van der Waals surface area contributed by atoms with Gasteiger partial charge in [0.15, 0.2) is 6.61 Å². The lowest BCUT2D eigenvalue weighted by atomic mass is 9.86. The van der Waals surface area contributed by atoms with Crippen LogP contribution in [0.4, 0.5) is 5.69 Å². The molecule has 0 unspecified atom stereocenters. The Kier molecular flexibility index (Phi) is 4.90. The number of esters is 1. The van der Waals surface area contributed by atoms with Gasteiger partial charge in [0.2, 0.25) is 0 Å². The molecular formula is C18H22ClNO3. The van der Waals surface area contributed by atoms with Gasteiger partial charge < -0.3 is 10.1 Å². The molecule has 23 heavy (non-hydrogen) atoms. The van der Waals surface area contributed by atoms with E-state index in [4.69, 9.17) is 16.3 Å². The molecule has 2 fully saturated rings. The number of rotatable bonds is 5. The third-order valence-electron chi connectivity index (χ3n) is 5.14. The summed E-state index contributed by atoms with van der Waals surface area (Å²) in [6, 6.07) is 5.23. The van der Waals surface area contributed by atoms with Crippen LogP contribution in [-0.4, -0.2) is 18.5 Å². The van der Waals surface area contributed by atoms with Gasteiger partial charge in [-0.25, -0.2) is 0 Å². The maximum atomic E-state index is 11.9. The van der Waals surface area contributed by atoms with Gasteiger partial charge >= 0.3 is 5.97 Å². The maximum absolute atomic E-state index is 11.9. The zero-order chi connectivity index (χ0) is 16.4. The number of anilines is 1. The van der Waals surface area contributed by atoms with Gasteiger partial charge in [-0.1, -0.05) is 18.0 Å². The average Bonchev–Trinajstić information content (AvgIpc) is 3.11. The summed E-state index contributed by atoms with van der Waals surface area (Å²) < 4.78 is 5.13. The molecule has 3 rings (SSSR count). The van der Waals surface area contributed by atoms with Crippen LogP contribution in [0.1, 0.15) is 37.7 Å². The Hall–Kier alpha value is -1.55. The molecule has 0 aromatic heterocycles. The second-order valence-electron chi connectivity index (χ2n) is 6.81. The van der Waals surface area contributed by atoms with Crippen molar-refractivity contribution < 1.29 is 14.3 Å². The number of fused-ring (bicyclic) bond motifs is 2. The highest BCUT2D eigenvalue weighted by molar-refractivity contribution is 6.30. The highest BCUT2D eigenvalue weighted by atomic mass is 35.5. The predicted molar refractivity (Wildman–Crippen MR) is 89.3 cm³/mol. The van der Waals surface area contributed by atoms with Crippen LogP contribution in [0, 0.1) is 24.7 Å². The fourth-order valence-electron chi connectivity index (χ4n) is 4.00. The summed E-state index contributed by atoms with van der Waals surface area (Å²) in [4.78, 5) is 23.8. The number of carbonyl (C=O) groups is 2. The summed E-state index contributed by atoms with van der Waals surface area (Å²) in [6.45, 7) is 1.63. The lowest BCUT2D eigenvalue weighted by Crippen LogP contribution is -2.23. The largest absolute Gasteiger partial charge is 0.456 e. The quantitative estimate of drug-likeness (QED) is 0.829. The first-order valence-electron chi connectivity index (χ1n) is 8.23. The number of halogens is 1. The normalized spacial score (nSPS) is 25.4. The zero-order valence-corrected chi connectivity index (χ0v) is 14.1. The Morgan fingerprint density at radius 1 is 1.30 bits per heavy atom. The molecule has 1 N–H and O–H groups in total. The van der Waals surface area contributed by atoms with Gasteiger partial charge in [-0.3, -0.25) is 9.59 Å². The molecule has 2 bridgehead atoms. The van der Waals surface area contributed by atoms with E-state index >= 15 is 0 Å². The summed E-state index contributed by atoms with van der Waals surface area (Å²) in [5, 5.41) is 3.36. The number of aryl methyl sites for hydroxylation is 1. The van der Waals surface area contributed by atoms with E-state index < -0.39 is 0 Å². The van der Waals surface area contributed by atoms with Gasteiger partial charge in [-0.15, -0.1) is 0 Å². The van der Waals surface area contributed by atoms with Crippen LogP contribution in [0.2, 0.25) is 5.02 Å². The summed E-state index contributed by atoms with van der Waals surface area (Å²) >= 11 is 5.88. The fourth-order valence-corrected chi connectivity index (χ4v) is 4.23. The van der Waals surface area contributed by atoms with Crippen molar-refractivity contribution in [3.05, 3.63) is 28.8 Å². The third-order valence-corrected chi connectivity index (χ3v) is 5.38. The third kappa shape index (κ3) is 4.05. The van der Waals surface area contributed by atoms with Gasteiger partial charge in [0.1, 0.15) is 0 Å². The molecule has 124 valence electrons. The average molecular weight is 336 g/mol. The minimum absolute atomic E-state index is 0.234. The molecule has 5 heteroatoms. The topological polar surface area (TPSA) is 55.4 Å². The van der Waals surface area contributed by atoms with E-state index in [1.807, 2.05) is 6.92 Å². The lowest BCUT2D eigenvalue weighted by Gasteiger charge is -2.20. The van der Waals surface area contributed by atoms with Crippen molar-refractivity contribution in [2.45, 2.75) is 39.0 Å². The monoisotopic (exact) mass is 335 g/mol. The highest BCUT2D eigenvalue weighted by Crippen LogP contribution is 2.49. The first kappa shape index (κ1) is 16.3. The Labute approximate surface area is 141 Å². The van der Waals surface area contributed by atoms with Gasteiger partial charge in [-0.2, -0.15) is 0 Å². The molecule has 0 saturated heterocycles. The van der Waals surface area contributed by atoms with E-state index in [9.17, 15) is 9.59 Å². The highest BCUT2D eigenvalue weighted by Gasteiger charge is 2.40. The molecular weight excluding hydrogens is 314 g/mol. The molecule has 0 spiro atoms. The molecule has 0 aliphatic heterocycles. The molecule has 2 aliphatic rings. The number of nitrogens with one attached hydrogen (secondary N) is 1. The number of carbonyl (C=O) groups excluding carboxylic acids is 2. The summed E-state index contributed by atoms with van der Waals surface area (Å²) in [5.74, 6) is 1.39. The Morgan fingerprint density at radius 2 is 2.13 bits per heavy atom. The molecule has 1 aromatic carbocycles. The van der Waals surface area contributed by atoms with Crippen LogP contribution in [0.15, 0.2) is 18.2 Å². The number of hydrogen-bond acceptors (Lipinski definition) is 3. The van der Waals surface area contributed by atoms with Crippen molar-refractivity contribution in [2.75, 3.05) is 11.9 Å². The van der Waals surface area contributed by atoms with Crippen molar-refractivity contribution in [2.24, 2.45) is 17.8 Å². The van der Waals surface area contributed by atoms with Crippen molar-refractivity contribution in [1.82, 2.24) is 0 Å². The minimum Gasteiger partial charge on any atom is -0.456 e. The SMILES string of the molecule is Cc1cc(Cl)ccc1NC(=O)COC(=O)C[C@H]1C[C@H]2CC[C@@H]1C2. The summed E-state index contributed by atoms with van der Waals surface area (Å²) in [5.41, 5.74) is 1.56. The molecule has 0 radical (unpaired) electrons. The first-order valence-corrected chi connectivity index (χ1v) is 8.60. The zero-order valence-electron chi connectivity index (χ0n) is 13.3. The van der Waals surface area contributed by atoms with Crippen LogP contribution in [0.3, 0.4) is 0 Å². The maximum Gasteiger partial charge on any atom is 0.306 e. The van der Waals surface area contributed by atoms with E-state index in [2.05, 4.69) is 5.32 Å². The Balaban J connectivity index is 1.42. The second-order valence-corrected chi connectivity index (χ2v) is 7.24. The van der Waals surface area contributed by atoms with Crippen molar-refractivity contribution in [1.29, 1.82) is 0 Å². The molecule has 1 amide bonds. The molecule has 4 nitrogen and oxygen atoms in total. The molecule has 3 atom stereocenters. The van der Waals surface area contributed by atoms with Crippen LogP contribution < -0.4 is 5.32 Å². The molecule has 2 saturated carbocycles. The second kappa shape index (κ2) is 6.91. The summed E-state index contributed by atoms with van der Waals surface area (Å²) in [6.07, 6.45) is 5.44. The minimum atomic E-state index is -0.322. The smallest absolute Gasteiger partial charge is 0.306 e. The van der Waals surface area contributed by atoms with Crippen LogP contribution in [0.5, 0.6) is 0 Å². The number of amides is 1. The summed E-state index contributed by atoms with van der Waals surface area (Å²) in [7, 11) is 0. The molecule has 0 heterocycles. The van der Waals surface area contributed by atoms with E-state index in [-0.39, 0.29) is 18.5 Å². The van der Waals surface area contributed by atoms with Crippen molar-refractivity contribution in [3.63, 3.8) is 0 Å². The van der Waals surface area contributed by atoms with E-state index in [1.165, 1.54) is 19.3 Å². The van der Waals surface area contributed by atoms with E-state index in [1.54, 1.807) is 18.2 Å². The number of ether oxygens (including phenoxy) is 1. The van der Waals surface area contributed by atoms with Gasteiger partial charge in [0, 0.05) is 17.1 Å². The van der Waals surface area contributed by atoms with Gasteiger partial charge in [-0.05, 0) is 67.7 Å². The number of benzene rings is 1. The lowest BCUT2D eigenvalue weighted by molar-refractivity contribution is -0.148. The van der Waals surface area contributed by atoms with Gasteiger partial charge in [0.05, 0.1) is 0 Å². The van der Waals surface area contributed by atoms with Crippen molar-refractivity contribution >= 4 is 29.2 Å². The van der Waals surface area contributed by atoms with Crippen LogP contribution >= 0.6 is 11.6 Å². The molecule has 2 aliphatic carbocycles. The molecule has 1 aromatic rings. The fraction of sp³-hybridized carbons (Fsp3) is 0.556. The van der Waals surface area contributed by atoms with E-state index in [0.717, 1.165) is 17.9 Å². The van der Waals surface area contributed by atoms with Gasteiger partial charge in [0.25, 0.3) is 5.91 Å². The van der Waals surface area contributed by atoms with E-state index in [0.29, 0.717) is 29.0 Å². The van der Waals surface area contributed by atoms with Crippen molar-refractivity contribution in [3.8, 4) is 0 Å². The predicted octanol–water partition coefficient (Wildman–Crippen LogP) is 3.96. The Morgan fingerprint density at radius 3 is 2.78 bits per heavy atom. The standard InChI is InChI=1S/C18H22ClNO3/c1-11-6-15(19)4-5-16(11)20-17(21)10-23-18(22)9-14-8-12-2-3-13(14)7-12/h4-6,12-14H,2-3,7-10H2,1H3,(H,20,21)/t12-,13+,14+/m0/s1. The van der Waals surface area contributed by atoms with Crippen LogP contribution in [-0.2, 0) is 14.3 Å². The Bertz CT molecular complexity index is 616. The first-order chi connectivity index (χ1) is 11.0. The number of hydrogen-bond donors (Lipinski definition) is 1.